The number of imidazole rings is 1. The van der Waals surface area contributed by atoms with E-state index in [-0.39, 0.29) is 6.61 Å². The monoisotopic (exact) mass is 529 g/mol. The van der Waals surface area contributed by atoms with Crippen LogP contribution in [0.4, 0.5) is 0 Å². The lowest BCUT2D eigenvalue weighted by Gasteiger charge is -2.10. The van der Waals surface area contributed by atoms with Crippen molar-refractivity contribution < 1.29 is 23.4 Å². The van der Waals surface area contributed by atoms with Crippen molar-refractivity contribution in [3.05, 3.63) is 66.6 Å². The van der Waals surface area contributed by atoms with Gasteiger partial charge in [-0.05, 0) is 54.7 Å². The summed E-state index contributed by atoms with van der Waals surface area (Å²) in [6.45, 7) is 2.81. The zero-order valence-electron chi connectivity index (χ0n) is 20.9. The molecule has 0 atom stereocenters. The van der Waals surface area contributed by atoms with Crippen LogP contribution in [0, 0.1) is 0 Å². The molecule has 0 fully saturated rings. The average Bonchev–Trinajstić information content (AvgIpc) is 3.65. The number of hydrogen-bond donors (Lipinski definition) is 0. The molecule has 4 aromatic heterocycles. The molecular formula is C27H23N5O5S. The highest BCUT2D eigenvalue weighted by Gasteiger charge is 2.17. The SMILES string of the molecule is CCOc1ccc(-c2nccc(COc3cc(OC)cc4oc(-c5cn6nc(OC)sc6n5)cc34)n2)cc1. The van der Waals surface area contributed by atoms with Crippen molar-refractivity contribution in [1.29, 1.82) is 0 Å². The Bertz CT molecular complexity index is 1690. The van der Waals surface area contributed by atoms with Gasteiger partial charge in [0.1, 0.15) is 35.1 Å². The van der Waals surface area contributed by atoms with Crippen LogP contribution >= 0.6 is 11.3 Å². The van der Waals surface area contributed by atoms with Gasteiger partial charge in [0.2, 0.25) is 4.96 Å². The van der Waals surface area contributed by atoms with Gasteiger partial charge in [0.15, 0.2) is 11.6 Å². The third-order valence-electron chi connectivity index (χ3n) is 5.77. The number of benzene rings is 2. The summed E-state index contributed by atoms with van der Waals surface area (Å²) in [7, 11) is 3.18. The first-order valence-electron chi connectivity index (χ1n) is 11.8. The molecule has 0 saturated carbocycles. The summed E-state index contributed by atoms with van der Waals surface area (Å²) in [5.74, 6) is 3.23. The Morgan fingerprint density at radius 1 is 0.947 bits per heavy atom. The van der Waals surface area contributed by atoms with Gasteiger partial charge < -0.3 is 23.4 Å². The smallest absolute Gasteiger partial charge is 0.294 e. The molecule has 0 bridgehead atoms. The number of ether oxygens (including phenoxy) is 4. The fraction of sp³-hybridized carbons (Fsp3) is 0.185. The quantitative estimate of drug-likeness (QED) is 0.235. The van der Waals surface area contributed by atoms with Crippen molar-refractivity contribution in [2.75, 3.05) is 20.8 Å². The minimum Gasteiger partial charge on any atom is -0.496 e. The van der Waals surface area contributed by atoms with E-state index in [1.54, 1.807) is 31.1 Å². The number of furan rings is 1. The largest absolute Gasteiger partial charge is 0.496 e. The Morgan fingerprint density at radius 2 is 1.82 bits per heavy atom. The molecule has 192 valence electrons. The summed E-state index contributed by atoms with van der Waals surface area (Å²) in [6.07, 6.45) is 3.52. The number of methoxy groups -OCH3 is 2. The van der Waals surface area contributed by atoms with Gasteiger partial charge in [0.25, 0.3) is 5.19 Å². The van der Waals surface area contributed by atoms with E-state index in [0.717, 1.165) is 22.4 Å². The van der Waals surface area contributed by atoms with Gasteiger partial charge in [-0.1, -0.05) is 0 Å². The van der Waals surface area contributed by atoms with Crippen LogP contribution in [0.25, 0.3) is 38.8 Å². The van der Waals surface area contributed by atoms with E-state index >= 15 is 0 Å². The number of nitrogens with zero attached hydrogens (tertiary/aromatic N) is 5. The van der Waals surface area contributed by atoms with Crippen LogP contribution in [-0.4, -0.2) is 45.4 Å². The highest BCUT2D eigenvalue weighted by molar-refractivity contribution is 7.18. The fourth-order valence-electron chi connectivity index (χ4n) is 3.96. The first-order valence-corrected chi connectivity index (χ1v) is 12.6. The number of fused-ring (bicyclic) bond motifs is 2. The van der Waals surface area contributed by atoms with E-state index in [4.69, 9.17) is 23.4 Å². The molecule has 6 aromatic rings. The lowest BCUT2D eigenvalue weighted by atomic mass is 10.2. The van der Waals surface area contributed by atoms with E-state index in [1.165, 1.54) is 11.3 Å². The van der Waals surface area contributed by atoms with Gasteiger partial charge in [-0.3, -0.25) is 0 Å². The molecule has 6 rings (SSSR count). The molecule has 0 saturated heterocycles. The summed E-state index contributed by atoms with van der Waals surface area (Å²) in [6, 6.07) is 15.1. The molecule has 0 spiro atoms. The van der Waals surface area contributed by atoms with Crippen LogP contribution in [0.1, 0.15) is 12.6 Å². The molecule has 38 heavy (non-hydrogen) atoms. The minimum absolute atomic E-state index is 0.235. The second-order valence-corrected chi connectivity index (χ2v) is 9.11. The normalized spacial score (nSPS) is 11.2. The number of rotatable bonds is 9. The second-order valence-electron chi connectivity index (χ2n) is 8.19. The van der Waals surface area contributed by atoms with E-state index in [9.17, 15) is 0 Å². The van der Waals surface area contributed by atoms with E-state index < -0.39 is 0 Å². The molecular weight excluding hydrogens is 506 g/mol. The summed E-state index contributed by atoms with van der Waals surface area (Å²) in [5.41, 5.74) is 2.90. The molecule has 4 heterocycles. The van der Waals surface area contributed by atoms with Gasteiger partial charge >= 0.3 is 0 Å². The first kappa shape index (κ1) is 23.7. The van der Waals surface area contributed by atoms with E-state index in [2.05, 4.69) is 20.1 Å². The van der Waals surface area contributed by atoms with Crippen molar-refractivity contribution in [1.82, 2.24) is 24.6 Å². The maximum absolute atomic E-state index is 6.21. The third-order valence-corrected chi connectivity index (χ3v) is 6.66. The lowest BCUT2D eigenvalue weighted by Crippen LogP contribution is -2.01. The van der Waals surface area contributed by atoms with Gasteiger partial charge in [-0.2, -0.15) is 0 Å². The zero-order chi connectivity index (χ0) is 26.1. The van der Waals surface area contributed by atoms with E-state index in [0.29, 0.717) is 51.1 Å². The minimum atomic E-state index is 0.235. The van der Waals surface area contributed by atoms with E-state index in [1.807, 2.05) is 55.5 Å². The predicted octanol–water partition coefficient (Wildman–Crippen LogP) is 5.66. The molecule has 0 unspecified atom stereocenters. The number of hydrogen-bond acceptors (Lipinski definition) is 10. The van der Waals surface area contributed by atoms with Gasteiger partial charge in [0, 0.05) is 23.9 Å². The molecule has 0 aliphatic heterocycles. The third kappa shape index (κ3) is 4.59. The lowest BCUT2D eigenvalue weighted by molar-refractivity contribution is 0.302. The maximum atomic E-state index is 6.21. The highest BCUT2D eigenvalue weighted by Crippen LogP contribution is 2.37. The molecule has 0 radical (unpaired) electrons. The van der Waals surface area contributed by atoms with Crippen molar-refractivity contribution in [3.8, 4) is 45.3 Å². The molecule has 0 aliphatic rings. The summed E-state index contributed by atoms with van der Waals surface area (Å²) in [5, 5.41) is 5.66. The van der Waals surface area contributed by atoms with Crippen molar-refractivity contribution >= 4 is 27.3 Å². The zero-order valence-corrected chi connectivity index (χ0v) is 21.7. The highest BCUT2D eigenvalue weighted by atomic mass is 32.1. The van der Waals surface area contributed by atoms with Crippen LogP contribution in [0.2, 0.25) is 0 Å². The van der Waals surface area contributed by atoms with Crippen molar-refractivity contribution in [2.24, 2.45) is 0 Å². The van der Waals surface area contributed by atoms with Gasteiger partial charge in [0.05, 0.1) is 38.1 Å². The van der Waals surface area contributed by atoms with Gasteiger partial charge in [-0.25, -0.2) is 19.5 Å². The Balaban J connectivity index is 1.27. The molecule has 10 nitrogen and oxygen atoms in total. The van der Waals surface area contributed by atoms with Crippen LogP contribution in [0.5, 0.6) is 22.4 Å². The van der Waals surface area contributed by atoms with Crippen LogP contribution < -0.4 is 18.9 Å². The maximum Gasteiger partial charge on any atom is 0.294 e. The Hall–Kier alpha value is -4.64. The molecule has 11 heteroatoms. The van der Waals surface area contributed by atoms with Gasteiger partial charge in [-0.15, -0.1) is 5.10 Å². The average molecular weight is 530 g/mol. The standard InChI is InChI=1S/C27H23N5O5S/c1-4-35-18-7-5-16(6-8-18)25-28-10-9-17(29-25)15-36-22-11-19(33-2)12-23-20(22)13-24(37-23)21-14-32-26(30-21)38-27(31-32)34-3/h5-14H,4,15H2,1-3H3. The second kappa shape index (κ2) is 10.0. The Kier molecular flexibility index (Phi) is 6.26. The molecule has 0 aliphatic carbocycles. The van der Waals surface area contributed by atoms with Crippen molar-refractivity contribution in [3.63, 3.8) is 0 Å². The Labute approximate surface area is 221 Å². The van der Waals surface area contributed by atoms with Crippen LogP contribution in [0.15, 0.2) is 65.3 Å². The number of aromatic nitrogens is 5. The molecule has 0 amide bonds. The first-order chi connectivity index (χ1) is 18.6. The molecule has 2 aromatic carbocycles. The fourth-order valence-corrected chi connectivity index (χ4v) is 4.66. The van der Waals surface area contributed by atoms with Crippen LogP contribution in [0.3, 0.4) is 0 Å². The van der Waals surface area contributed by atoms with Crippen LogP contribution in [-0.2, 0) is 6.61 Å². The Morgan fingerprint density at radius 3 is 2.58 bits per heavy atom. The predicted molar refractivity (Wildman–Crippen MR) is 142 cm³/mol. The summed E-state index contributed by atoms with van der Waals surface area (Å²) >= 11 is 1.35. The summed E-state index contributed by atoms with van der Waals surface area (Å²) in [4.78, 5) is 14.4. The summed E-state index contributed by atoms with van der Waals surface area (Å²) < 4.78 is 30.2. The van der Waals surface area contributed by atoms with Crippen molar-refractivity contribution in [2.45, 2.75) is 13.5 Å². The molecule has 0 N–H and O–H groups in total. The topological polar surface area (TPSA) is 106 Å².